The summed E-state index contributed by atoms with van der Waals surface area (Å²) < 4.78 is 33.8. The molecule has 5 nitrogen and oxygen atoms in total. The molecule has 0 rings (SSSR count). The van der Waals surface area contributed by atoms with Gasteiger partial charge in [0.05, 0.1) is 6.61 Å². The first kappa shape index (κ1) is 9.38. The van der Waals surface area contributed by atoms with Gasteiger partial charge in [0.2, 0.25) is 0 Å². The summed E-state index contributed by atoms with van der Waals surface area (Å²) in [6.07, 6.45) is 0. The fourth-order valence-corrected chi connectivity index (χ4v) is 0.719. The minimum Gasteiger partial charge on any atom is -0.465 e. The molecule has 0 saturated heterocycles. The Morgan fingerprint density at radius 3 is 2.30 bits per heavy atom. The molecule has 1 radical (unpaired) electrons. The number of hydrogen-bond donors (Lipinski definition) is 0. The molecule has 0 aromatic heterocycles. The lowest BCUT2D eigenvalue weighted by Gasteiger charge is -1.95. The van der Waals surface area contributed by atoms with E-state index in [9.17, 15) is 17.8 Å². The highest BCUT2D eigenvalue weighted by Crippen LogP contribution is 1.86. The van der Waals surface area contributed by atoms with Gasteiger partial charge in [0.1, 0.15) is 0 Å². The first-order valence-electron chi connectivity index (χ1n) is 2.55. The molecule has 0 amide bonds. The highest BCUT2D eigenvalue weighted by Gasteiger charge is 2.14. The SMILES string of the molecule is CCOC(=O)CS([O])(=O)=O. The zero-order valence-corrected chi connectivity index (χ0v) is 6.18. The van der Waals surface area contributed by atoms with Gasteiger partial charge in [-0.1, -0.05) is 4.55 Å². The first-order chi connectivity index (χ1) is 4.45. The molecule has 0 bridgehead atoms. The van der Waals surface area contributed by atoms with Gasteiger partial charge in [0.25, 0.3) is 0 Å². The summed E-state index contributed by atoms with van der Waals surface area (Å²) in [6.45, 7) is 1.60. The quantitative estimate of drug-likeness (QED) is 0.521. The number of rotatable bonds is 3. The van der Waals surface area contributed by atoms with Gasteiger partial charge >= 0.3 is 16.1 Å². The summed E-state index contributed by atoms with van der Waals surface area (Å²) in [5.41, 5.74) is 0. The third-order valence-electron chi connectivity index (χ3n) is 0.600. The average Bonchev–Trinajstić information content (AvgIpc) is 1.59. The molecular formula is C4H7O5S. The maximum atomic E-state index is 10.3. The van der Waals surface area contributed by atoms with E-state index in [-0.39, 0.29) is 6.61 Å². The summed E-state index contributed by atoms with van der Waals surface area (Å²) in [5, 5.41) is 0. The van der Waals surface area contributed by atoms with Crippen molar-refractivity contribution in [2.75, 3.05) is 12.4 Å². The van der Waals surface area contributed by atoms with Gasteiger partial charge in [-0.15, -0.1) is 0 Å². The second-order valence-corrected chi connectivity index (χ2v) is 2.91. The van der Waals surface area contributed by atoms with Crippen molar-refractivity contribution in [3.05, 3.63) is 0 Å². The number of carbonyl (C=O) groups is 1. The van der Waals surface area contributed by atoms with Crippen molar-refractivity contribution in [2.45, 2.75) is 6.92 Å². The number of esters is 1. The Kier molecular flexibility index (Phi) is 3.31. The lowest BCUT2D eigenvalue weighted by Crippen LogP contribution is -2.16. The van der Waals surface area contributed by atoms with Crippen LogP contribution in [0.15, 0.2) is 0 Å². The third kappa shape index (κ3) is 5.52. The molecule has 10 heavy (non-hydrogen) atoms. The van der Waals surface area contributed by atoms with Crippen LogP contribution >= 0.6 is 0 Å². The van der Waals surface area contributed by atoms with Crippen LogP contribution in [0.5, 0.6) is 0 Å². The van der Waals surface area contributed by atoms with E-state index in [1.54, 1.807) is 0 Å². The third-order valence-corrected chi connectivity index (χ3v) is 1.19. The molecular weight excluding hydrogens is 160 g/mol. The van der Waals surface area contributed by atoms with E-state index in [2.05, 4.69) is 4.74 Å². The highest BCUT2D eigenvalue weighted by molar-refractivity contribution is 7.86. The Bertz CT molecular complexity index is 204. The van der Waals surface area contributed by atoms with Crippen molar-refractivity contribution in [3.8, 4) is 0 Å². The van der Waals surface area contributed by atoms with Gasteiger partial charge in [-0.2, -0.15) is 8.42 Å². The first-order valence-corrected chi connectivity index (χ1v) is 4.12. The summed E-state index contributed by atoms with van der Waals surface area (Å²) in [4.78, 5) is 10.3. The van der Waals surface area contributed by atoms with Gasteiger partial charge < -0.3 is 4.74 Å². The van der Waals surface area contributed by atoms with Crippen molar-refractivity contribution >= 4 is 16.1 Å². The van der Waals surface area contributed by atoms with E-state index in [4.69, 9.17) is 0 Å². The molecule has 0 aliphatic rings. The van der Waals surface area contributed by atoms with Gasteiger partial charge in [-0.25, -0.2) is 0 Å². The molecule has 0 atom stereocenters. The van der Waals surface area contributed by atoms with Crippen molar-refractivity contribution in [3.63, 3.8) is 0 Å². The van der Waals surface area contributed by atoms with E-state index in [0.717, 1.165) is 0 Å². The van der Waals surface area contributed by atoms with Crippen LogP contribution in [0, 0.1) is 0 Å². The summed E-state index contributed by atoms with van der Waals surface area (Å²) >= 11 is 0. The Labute approximate surface area is 58.7 Å². The van der Waals surface area contributed by atoms with E-state index < -0.39 is 21.8 Å². The maximum absolute atomic E-state index is 10.3. The zero-order valence-electron chi connectivity index (χ0n) is 5.36. The second-order valence-electron chi connectivity index (χ2n) is 1.51. The van der Waals surface area contributed by atoms with Crippen LogP contribution in [0.4, 0.5) is 0 Å². The Balaban J connectivity index is 3.82. The van der Waals surface area contributed by atoms with Crippen molar-refractivity contribution in [2.24, 2.45) is 0 Å². The predicted octanol–water partition coefficient (Wildman–Crippen LogP) is -0.690. The van der Waals surface area contributed by atoms with Crippen LogP contribution in [0.2, 0.25) is 0 Å². The smallest absolute Gasteiger partial charge is 0.323 e. The van der Waals surface area contributed by atoms with Gasteiger partial charge in [0, 0.05) is 0 Å². The highest BCUT2D eigenvalue weighted by atomic mass is 32.2. The van der Waals surface area contributed by atoms with E-state index in [0.29, 0.717) is 0 Å². The molecule has 0 aromatic rings. The molecule has 0 N–H and O–H groups in total. The Hall–Kier alpha value is -0.620. The standard InChI is InChI=1S/C4H7O5S/c1-2-9-4(5)3-10(6,7)8/h2-3H2,1H3. The molecule has 6 heteroatoms. The topological polar surface area (TPSA) is 80.3 Å². The van der Waals surface area contributed by atoms with E-state index >= 15 is 0 Å². The van der Waals surface area contributed by atoms with E-state index in [1.165, 1.54) is 6.92 Å². The monoisotopic (exact) mass is 167 g/mol. The van der Waals surface area contributed by atoms with Crippen LogP contribution in [0.25, 0.3) is 0 Å². The Morgan fingerprint density at radius 1 is 1.50 bits per heavy atom. The van der Waals surface area contributed by atoms with Crippen molar-refractivity contribution in [1.82, 2.24) is 0 Å². The molecule has 0 fully saturated rings. The summed E-state index contributed by atoms with van der Waals surface area (Å²) in [5.74, 6) is -2.08. The molecule has 0 aromatic carbocycles. The van der Waals surface area contributed by atoms with Gasteiger partial charge in [0.15, 0.2) is 5.75 Å². The van der Waals surface area contributed by atoms with Crippen LogP contribution in [-0.2, 0) is 24.2 Å². The zero-order chi connectivity index (χ0) is 8.20. The minimum atomic E-state index is -4.47. The molecule has 59 valence electrons. The van der Waals surface area contributed by atoms with Gasteiger partial charge in [-0.3, -0.25) is 4.79 Å². The summed E-state index contributed by atoms with van der Waals surface area (Å²) in [7, 11) is -4.47. The number of hydrogen-bond acceptors (Lipinski definition) is 4. The second kappa shape index (κ2) is 3.52. The fourth-order valence-electron chi connectivity index (χ4n) is 0.347. The summed E-state index contributed by atoms with van der Waals surface area (Å²) in [6, 6.07) is 0. The Morgan fingerprint density at radius 2 is 2.00 bits per heavy atom. The lowest BCUT2D eigenvalue weighted by atomic mass is 10.8. The van der Waals surface area contributed by atoms with Crippen LogP contribution in [-0.4, -0.2) is 26.7 Å². The van der Waals surface area contributed by atoms with Crippen molar-refractivity contribution in [1.29, 1.82) is 0 Å². The fraction of sp³-hybridized carbons (Fsp3) is 0.750. The van der Waals surface area contributed by atoms with E-state index in [1.807, 2.05) is 0 Å². The van der Waals surface area contributed by atoms with Crippen molar-refractivity contribution < 1.29 is 22.5 Å². The van der Waals surface area contributed by atoms with Gasteiger partial charge in [-0.05, 0) is 6.92 Å². The molecule has 0 aliphatic heterocycles. The predicted molar refractivity (Wildman–Crippen MR) is 31.1 cm³/mol. The largest absolute Gasteiger partial charge is 0.465 e. The molecule has 0 spiro atoms. The van der Waals surface area contributed by atoms with Crippen LogP contribution < -0.4 is 0 Å². The maximum Gasteiger partial charge on any atom is 0.323 e. The molecule has 0 saturated carbocycles. The lowest BCUT2D eigenvalue weighted by molar-refractivity contribution is -0.140. The van der Waals surface area contributed by atoms with Crippen LogP contribution in [0.1, 0.15) is 6.92 Å². The minimum absolute atomic E-state index is 0.0777. The molecule has 0 aliphatic carbocycles. The number of ether oxygens (including phenoxy) is 1. The average molecular weight is 167 g/mol. The molecule has 0 unspecified atom stereocenters. The number of carbonyl (C=O) groups excluding carboxylic acids is 1. The molecule has 0 heterocycles. The normalized spacial score (nSPS) is 11.0. The van der Waals surface area contributed by atoms with Crippen LogP contribution in [0.3, 0.4) is 0 Å².